The molecule has 1 heterocycles. The fourth-order valence-corrected chi connectivity index (χ4v) is 3.94. The molecule has 100 valence electrons. The number of aryl methyl sites for hydroxylation is 1. The van der Waals surface area contributed by atoms with E-state index in [4.69, 9.17) is 33.9 Å². The molecule has 3 rings (SSSR count). The van der Waals surface area contributed by atoms with Gasteiger partial charge < -0.3 is 5.73 Å². The van der Waals surface area contributed by atoms with Crippen LogP contribution >= 0.6 is 34.5 Å². The monoisotopic (exact) mass is 312 g/mol. The molecule has 0 radical (unpaired) electrons. The van der Waals surface area contributed by atoms with Gasteiger partial charge in [-0.05, 0) is 37.0 Å². The van der Waals surface area contributed by atoms with E-state index in [1.165, 1.54) is 11.3 Å². The minimum Gasteiger partial charge on any atom is -0.323 e. The second-order valence-electron chi connectivity index (χ2n) is 4.84. The van der Waals surface area contributed by atoms with Crippen molar-refractivity contribution in [3.05, 3.63) is 49.4 Å². The topological polar surface area (TPSA) is 38.9 Å². The molecule has 0 saturated carbocycles. The first kappa shape index (κ1) is 13.4. The van der Waals surface area contributed by atoms with Crippen molar-refractivity contribution in [1.29, 1.82) is 0 Å². The lowest BCUT2D eigenvalue weighted by atomic mass is 9.99. The van der Waals surface area contributed by atoms with Gasteiger partial charge in [0.1, 0.15) is 0 Å². The standard InChI is InChI=1S/C14H14Cl2N2S/c15-9-5-4-8(6-10(9)16)7-13-18-14-11(17)2-1-3-12(14)19-13/h4-6,11H,1-3,7,17H2. The van der Waals surface area contributed by atoms with Crippen LogP contribution in [0.25, 0.3) is 0 Å². The van der Waals surface area contributed by atoms with Crippen molar-refractivity contribution in [2.75, 3.05) is 0 Å². The molecule has 1 aromatic carbocycles. The highest BCUT2D eigenvalue weighted by molar-refractivity contribution is 7.11. The smallest absolute Gasteiger partial charge is 0.0975 e. The van der Waals surface area contributed by atoms with Gasteiger partial charge in [-0.25, -0.2) is 4.98 Å². The first-order valence-corrected chi connectivity index (χ1v) is 7.88. The fraction of sp³-hybridized carbons (Fsp3) is 0.357. The van der Waals surface area contributed by atoms with Crippen LogP contribution < -0.4 is 5.73 Å². The van der Waals surface area contributed by atoms with Crippen molar-refractivity contribution in [2.45, 2.75) is 31.7 Å². The quantitative estimate of drug-likeness (QED) is 0.894. The number of hydrogen-bond acceptors (Lipinski definition) is 3. The minimum absolute atomic E-state index is 0.113. The van der Waals surface area contributed by atoms with Crippen molar-refractivity contribution in [1.82, 2.24) is 4.98 Å². The zero-order chi connectivity index (χ0) is 13.4. The normalized spacial score (nSPS) is 18.4. The zero-order valence-corrected chi connectivity index (χ0v) is 12.7. The molecule has 1 aliphatic rings. The summed E-state index contributed by atoms with van der Waals surface area (Å²) in [7, 11) is 0. The van der Waals surface area contributed by atoms with E-state index in [0.29, 0.717) is 10.0 Å². The Labute approximate surface area is 126 Å². The number of nitrogens with two attached hydrogens (primary N) is 1. The van der Waals surface area contributed by atoms with Gasteiger partial charge >= 0.3 is 0 Å². The Kier molecular flexibility index (Phi) is 3.81. The summed E-state index contributed by atoms with van der Waals surface area (Å²) in [6.45, 7) is 0. The SMILES string of the molecule is NC1CCCc2sc(Cc3ccc(Cl)c(Cl)c3)nc21. The summed E-state index contributed by atoms with van der Waals surface area (Å²) in [5.74, 6) is 0. The maximum Gasteiger partial charge on any atom is 0.0975 e. The van der Waals surface area contributed by atoms with Crippen LogP contribution in [0.15, 0.2) is 18.2 Å². The molecule has 5 heteroatoms. The molecule has 1 atom stereocenters. The molecule has 2 aromatic rings. The number of hydrogen-bond donors (Lipinski definition) is 1. The van der Waals surface area contributed by atoms with Gasteiger partial charge in [-0.3, -0.25) is 0 Å². The lowest BCUT2D eigenvalue weighted by Crippen LogP contribution is -2.16. The molecule has 0 aliphatic heterocycles. The Morgan fingerprint density at radius 2 is 2.16 bits per heavy atom. The van der Waals surface area contributed by atoms with Gasteiger partial charge in [0.25, 0.3) is 0 Å². The highest BCUT2D eigenvalue weighted by Crippen LogP contribution is 2.33. The van der Waals surface area contributed by atoms with Crippen LogP contribution in [0.2, 0.25) is 10.0 Å². The lowest BCUT2D eigenvalue weighted by molar-refractivity contribution is 0.562. The molecule has 0 saturated heterocycles. The lowest BCUT2D eigenvalue weighted by Gasteiger charge is -2.15. The first-order valence-electron chi connectivity index (χ1n) is 6.31. The third-order valence-electron chi connectivity index (χ3n) is 3.38. The van der Waals surface area contributed by atoms with Gasteiger partial charge in [0, 0.05) is 17.3 Å². The number of benzene rings is 1. The largest absolute Gasteiger partial charge is 0.323 e. The van der Waals surface area contributed by atoms with Gasteiger partial charge in [0.2, 0.25) is 0 Å². The fourth-order valence-electron chi connectivity index (χ4n) is 2.40. The maximum atomic E-state index is 6.10. The summed E-state index contributed by atoms with van der Waals surface area (Å²) in [5, 5.41) is 2.30. The second-order valence-corrected chi connectivity index (χ2v) is 6.82. The summed E-state index contributed by atoms with van der Waals surface area (Å²) < 4.78 is 0. The third-order valence-corrected chi connectivity index (χ3v) is 5.25. The van der Waals surface area contributed by atoms with Crippen LogP contribution in [-0.2, 0) is 12.8 Å². The molecule has 19 heavy (non-hydrogen) atoms. The van der Waals surface area contributed by atoms with Crippen molar-refractivity contribution in [2.24, 2.45) is 5.73 Å². The number of rotatable bonds is 2. The number of halogens is 2. The molecule has 0 bridgehead atoms. The Balaban J connectivity index is 1.85. The van der Waals surface area contributed by atoms with Gasteiger partial charge in [0.15, 0.2) is 0 Å². The molecular weight excluding hydrogens is 299 g/mol. The minimum atomic E-state index is 0.113. The molecule has 0 amide bonds. The molecular formula is C14H14Cl2N2S. The van der Waals surface area contributed by atoms with Crippen LogP contribution in [0, 0.1) is 0 Å². The average Bonchev–Trinajstić information content (AvgIpc) is 2.78. The van der Waals surface area contributed by atoms with Gasteiger partial charge in [0.05, 0.1) is 20.7 Å². The highest BCUT2D eigenvalue weighted by atomic mass is 35.5. The summed E-state index contributed by atoms with van der Waals surface area (Å²) in [6.07, 6.45) is 4.12. The predicted octanol–water partition coefficient (Wildman–Crippen LogP) is 4.38. The van der Waals surface area contributed by atoms with E-state index < -0.39 is 0 Å². The Morgan fingerprint density at radius 3 is 2.89 bits per heavy atom. The van der Waals surface area contributed by atoms with Crippen LogP contribution in [0.3, 0.4) is 0 Å². The van der Waals surface area contributed by atoms with E-state index in [-0.39, 0.29) is 6.04 Å². The van der Waals surface area contributed by atoms with Gasteiger partial charge in [-0.15, -0.1) is 11.3 Å². The molecule has 0 fully saturated rings. The summed E-state index contributed by atoms with van der Waals surface area (Å²) in [4.78, 5) is 6.05. The molecule has 2 N–H and O–H groups in total. The van der Waals surface area contributed by atoms with Gasteiger partial charge in [-0.2, -0.15) is 0 Å². The third kappa shape index (κ3) is 2.79. The molecule has 1 aromatic heterocycles. The van der Waals surface area contributed by atoms with E-state index in [2.05, 4.69) is 0 Å². The summed E-state index contributed by atoms with van der Waals surface area (Å²) >= 11 is 13.7. The van der Waals surface area contributed by atoms with Crippen LogP contribution in [-0.4, -0.2) is 4.98 Å². The second kappa shape index (κ2) is 5.41. The van der Waals surface area contributed by atoms with Crippen LogP contribution in [0.5, 0.6) is 0 Å². The average molecular weight is 313 g/mol. The van der Waals surface area contributed by atoms with Crippen LogP contribution in [0.4, 0.5) is 0 Å². The van der Waals surface area contributed by atoms with Crippen molar-refractivity contribution < 1.29 is 0 Å². The summed E-state index contributed by atoms with van der Waals surface area (Å²) in [6, 6.07) is 5.85. The Hall–Kier alpha value is -0.610. The zero-order valence-electron chi connectivity index (χ0n) is 10.3. The highest BCUT2D eigenvalue weighted by Gasteiger charge is 2.21. The maximum absolute atomic E-state index is 6.10. The number of thiazole rings is 1. The molecule has 1 unspecified atom stereocenters. The number of nitrogens with zero attached hydrogens (tertiary/aromatic N) is 1. The van der Waals surface area contributed by atoms with E-state index >= 15 is 0 Å². The predicted molar refractivity (Wildman–Crippen MR) is 81.2 cm³/mol. The number of aromatic nitrogens is 1. The molecule has 0 spiro atoms. The number of fused-ring (bicyclic) bond motifs is 1. The van der Waals surface area contributed by atoms with Crippen LogP contribution in [0.1, 0.15) is 40.0 Å². The Bertz CT molecular complexity index is 609. The first-order chi connectivity index (χ1) is 9.13. The van der Waals surface area contributed by atoms with E-state index in [9.17, 15) is 0 Å². The van der Waals surface area contributed by atoms with Crippen molar-refractivity contribution in [3.63, 3.8) is 0 Å². The Morgan fingerprint density at radius 1 is 1.32 bits per heavy atom. The van der Waals surface area contributed by atoms with Gasteiger partial charge in [-0.1, -0.05) is 29.3 Å². The molecule has 2 nitrogen and oxygen atoms in total. The van der Waals surface area contributed by atoms with Crippen molar-refractivity contribution in [3.8, 4) is 0 Å². The van der Waals surface area contributed by atoms with Crippen molar-refractivity contribution >= 4 is 34.5 Å². The van der Waals surface area contributed by atoms with E-state index in [1.54, 1.807) is 11.3 Å². The van der Waals surface area contributed by atoms with E-state index in [0.717, 1.165) is 35.5 Å². The molecule has 1 aliphatic carbocycles. The van der Waals surface area contributed by atoms with E-state index in [1.807, 2.05) is 18.2 Å². The summed E-state index contributed by atoms with van der Waals surface area (Å²) in [5.41, 5.74) is 8.34.